The Morgan fingerprint density at radius 3 is 2.55 bits per heavy atom. The van der Waals surface area contributed by atoms with Gasteiger partial charge in [0.2, 0.25) is 5.91 Å². The van der Waals surface area contributed by atoms with Crippen molar-refractivity contribution >= 4 is 40.7 Å². The highest BCUT2D eigenvalue weighted by molar-refractivity contribution is 8.03. The van der Waals surface area contributed by atoms with E-state index in [1.807, 2.05) is 24.3 Å². The lowest BCUT2D eigenvalue weighted by atomic mass is 9.76. The van der Waals surface area contributed by atoms with Gasteiger partial charge in [0.25, 0.3) is 0 Å². The van der Waals surface area contributed by atoms with Gasteiger partial charge in [-0.25, -0.2) is 0 Å². The summed E-state index contributed by atoms with van der Waals surface area (Å²) in [6.45, 7) is 4.16. The van der Waals surface area contributed by atoms with Gasteiger partial charge in [-0.3, -0.25) is 9.59 Å². The maximum atomic E-state index is 13.1. The van der Waals surface area contributed by atoms with Gasteiger partial charge in [-0.1, -0.05) is 61.5 Å². The van der Waals surface area contributed by atoms with Crippen LogP contribution in [0.25, 0.3) is 0 Å². The first kappa shape index (κ1) is 27.8. The van der Waals surface area contributed by atoms with Crippen molar-refractivity contribution in [3.8, 4) is 6.07 Å². The van der Waals surface area contributed by atoms with Crippen LogP contribution in [0.2, 0.25) is 5.02 Å². The molecule has 1 aliphatic heterocycles. The summed E-state index contributed by atoms with van der Waals surface area (Å²) in [6, 6.07) is 12.8. The molecule has 2 N–H and O–H groups in total. The predicted molar refractivity (Wildman–Crippen MR) is 142 cm³/mol. The minimum absolute atomic E-state index is 0.00887. The zero-order valence-electron chi connectivity index (χ0n) is 20.7. The van der Waals surface area contributed by atoms with Gasteiger partial charge in [-0.2, -0.15) is 18.4 Å². The number of hydrogen-bond acceptors (Lipinski definition) is 5. The highest BCUT2D eigenvalue weighted by Gasteiger charge is 2.37. The number of ketones is 1. The SMILES string of the molecule is CC(C)c1ccc([C@H]2C(C#N)=C(SCC(=O)Nc3cc(C(F)(F)F)ccc3Cl)NC3=C2C(=O)CCC3)cc1. The van der Waals surface area contributed by atoms with Crippen molar-refractivity contribution in [1.82, 2.24) is 5.32 Å². The number of benzene rings is 2. The normalized spacial score (nSPS) is 17.7. The van der Waals surface area contributed by atoms with Crippen LogP contribution < -0.4 is 10.6 Å². The molecule has 0 saturated carbocycles. The number of carbonyl (C=O) groups is 2. The molecule has 0 fully saturated rings. The summed E-state index contributed by atoms with van der Waals surface area (Å²) in [7, 11) is 0. The van der Waals surface area contributed by atoms with Crippen molar-refractivity contribution in [3.05, 3.63) is 86.0 Å². The van der Waals surface area contributed by atoms with Crippen molar-refractivity contribution in [2.75, 3.05) is 11.1 Å². The van der Waals surface area contributed by atoms with Gasteiger partial charge < -0.3 is 10.6 Å². The van der Waals surface area contributed by atoms with Gasteiger partial charge in [0.15, 0.2) is 5.78 Å². The molecule has 2 aromatic carbocycles. The first-order valence-electron chi connectivity index (χ1n) is 12.1. The Hall–Kier alpha value is -3.22. The summed E-state index contributed by atoms with van der Waals surface area (Å²) in [5.41, 5.74) is 2.51. The molecule has 1 atom stereocenters. The van der Waals surface area contributed by atoms with Gasteiger partial charge in [0.05, 0.1) is 44.6 Å². The fourth-order valence-corrected chi connectivity index (χ4v) is 5.59. The topological polar surface area (TPSA) is 82.0 Å². The standard InChI is InChI=1S/C28H25ClF3N3O2S/c1-15(2)16-6-8-17(9-7-16)25-19(13-33)27(35-21-4-3-5-23(36)26(21)25)38-14-24(37)34-22-12-18(28(30,31)32)10-11-20(22)29/h6-12,15,25,35H,3-5,14H2,1-2H3,(H,34,37)/t25-/m0/s1. The molecular formula is C28H25ClF3N3O2S. The van der Waals surface area contributed by atoms with E-state index in [1.165, 1.54) is 0 Å². The van der Waals surface area contributed by atoms with Gasteiger partial charge in [0, 0.05) is 17.7 Å². The molecule has 0 spiro atoms. The number of Topliss-reactive ketones (excluding diaryl/α,β-unsaturated/α-hetero) is 1. The molecule has 1 amide bonds. The third kappa shape index (κ3) is 5.92. The number of dihydropyridines is 1. The fraction of sp³-hybridized carbons (Fsp3) is 0.321. The van der Waals surface area contributed by atoms with E-state index in [1.54, 1.807) is 0 Å². The molecule has 38 heavy (non-hydrogen) atoms. The third-order valence-corrected chi connectivity index (χ3v) is 7.86. The Labute approximate surface area is 228 Å². The van der Waals surface area contributed by atoms with E-state index in [-0.39, 0.29) is 22.2 Å². The molecule has 5 nitrogen and oxygen atoms in total. The Morgan fingerprint density at radius 2 is 1.92 bits per heavy atom. The number of hydrogen-bond donors (Lipinski definition) is 2. The lowest BCUT2D eigenvalue weighted by molar-refractivity contribution is -0.137. The first-order valence-corrected chi connectivity index (χ1v) is 13.4. The first-order chi connectivity index (χ1) is 18.0. The number of nitriles is 1. The zero-order chi connectivity index (χ0) is 27.6. The van der Waals surface area contributed by atoms with Crippen LogP contribution in [0.5, 0.6) is 0 Å². The second-order valence-corrected chi connectivity index (χ2v) is 10.8. The quantitative estimate of drug-likeness (QED) is 0.388. The third-order valence-electron chi connectivity index (χ3n) is 6.51. The average Bonchev–Trinajstić information content (AvgIpc) is 2.87. The van der Waals surface area contributed by atoms with Crippen LogP contribution in [0.1, 0.15) is 61.6 Å². The minimum atomic E-state index is -4.58. The number of allylic oxidation sites excluding steroid dienone is 3. The van der Waals surface area contributed by atoms with Crippen LogP contribution in [0.15, 0.2) is 64.3 Å². The van der Waals surface area contributed by atoms with E-state index in [2.05, 4.69) is 30.6 Å². The number of nitrogens with zero attached hydrogens (tertiary/aromatic N) is 1. The van der Waals surface area contributed by atoms with Crippen molar-refractivity contribution in [2.45, 2.75) is 51.1 Å². The van der Waals surface area contributed by atoms with Gasteiger partial charge in [-0.15, -0.1) is 0 Å². The molecule has 0 radical (unpaired) electrons. The lowest BCUT2D eigenvalue weighted by Gasteiger charge is -2.33. The number of carbonyl (C=O) groups excluding carboxylic acids is 2. The molecule has 0 aromatic heterocycles. The van der Waals surface area contributed by atoms with Gasteiger partial charge in [0.1, 0.15) is 0 Å². The van der Waals surface area contributed by atoms with Crippen LogP contribution in [0.4, 0.5) is 18.9 Å². The van der Waals surface area contributed by atoms with Crippen LogP contribution >= 0.6 is 23.4 Å². The maximum Gasteiger partial charge on any atom is 0.416 e. The summed E-state index contributed by atoms with van der Waals surface area (Å²) < 4.78 is 39.2. The van der Waals surface area contributed by atoms with E-state index in [0.29, 0.717) is 41.4 Å². The number of nitrogens with one attached hydrogen (secondary N) is 2. The van der Waals surface area contributed by atoms with Crippen molar-refractivity contribution in [2.24, 2.45) is 0 Å². The molecule has 0 saturated heterocycles. The average molecular weight is 560 g/mol. The van der Waals surface area contributed by atoms with Crippen molar-refractivity contribution in [3.63, 3.8) is 0 Å². The Bertz CT molecular complexity index is 1380. The van der Waals surface area contributed by atoms with E-state index in [9.17, 15) is 28.0 Å². The number of thioether (sulfide) groups is 1. The molecule has 0 bridgehead atoms. The van der Waals surface area contributed by atoms with E-state index in [0.717, 1.165) is 46.8 Å². The molecule has 1 aliphatic carbocycles. The van der Waals surface area contributed by atoms with E-state index >= 15 is 0 Å². The van der Waals surface area contributed by atoms with Gasteiger partial charge >= 0.3 is 6.18 Å². The second-order valence-electron chi connectivity index (χ2n) is 9.43. The Kier molecular flexibility index (Phi) is 8.24. The fourth-order valence-electron chi connectivity index (χ4n) is 4.57. The highest BCUT2D eigenvalue weighted by atomic mass is 35.5. The number of halogens is 4. The summed E-state index contributed by atoms with van der Waals surface area (Å²) >= 11 is 7.06. The van der Waals surface area contributed by atoms with E-state index in [4.69, 9.17) is 11.6 Å². The second kappa shape index (κ2) is 11.3. The summed E-state index contributed by atoms with van der Waals surface area (Å²) in [4.78, 5) is 25.6. The summed E-state index contributed by atoms with van der Waals surface area (Å²) in [6.07, 6.45) is -2.86. The number of alkyl halides is 3. The molecule has 0 unspecified atom stereocenters. The Morgan fingerprint density at radius 1 is 1.21 bits per heavy atom. The molecule has 2 aromatic rings. The van der Waals surface area contributed by atoms with Crippen LogP contribution in [-0.4, -0.2) is 17.4 Å². The maximum absolute atomic E-state index is 13.1. The number of rotatable bonds is 6. The molecule has 198 valence electrons. The smallest absolute Gasteiger partial charge is 0.352 e. The van der Waals surface area contributed by atoms with Crippen molar-refractivity contribution in [1.29, 1.82) is 5.26 Å². The molecular weight excluding hydrogens is 535 g/mol. The van der Waals surface area contributed by atoms with Crippen LogP contribution in [-0.2, 0) is 15.8 Å². The largest absolute Gasteiger partial charge is 0.416 e. The predicted octanol–water partition coefficient (Wildman–Crippen LogP) is 7.28. The van der Waals surface area contributed by atoms with Crippen LogP contribution in [0.3, 0.4) is 0 Å². The zero-order valence-corrected chi connectivity index (χ0v) is 22.3. The summed E-state index contributed by atoms with van der Waals surface area (Å²) in [5, 5.41) is 16.2. The minimum Gasteiger partial charge on any atom is -0.352 e. The molecule has 1 heterocycles. The molecule has 2 aliphatic rings. The number of amides is 1. The Balaban J connectivity index is 1.60. The van der Waals surface area contributed by atoms with Crippen LogP contribution in [0, 0.1) is 11.3 Å². The monoisotopic (exact) mass is 559 g/mol. The molecule has 4 rings (SSSR count). The number of anilines is 1. The van der Waals surface area contributed by atoms with E-state index < -0.39 is 23.6 Å². The molecule has 10 heteroatoms. The van der Waals surface area contributed by atoms with Crippen molar-refractivity contribution < 1.29 is 22.8 Å². The highest BCUT2D eigenvalue weighted by Crippen LogP contribution is 2.44. The lowest BCUT2D eigenvalue weighted by Crippen LogP contribution is -2.31. The van der Waals surface area contributed by atoms with Gasteiger partial charge in [-0.05, 0) is 48.1 Å². The summed E-state index contributed by atoms with van der Waals surface area (Å²) in [5.74, 6) is -1.02.